The van der Waals surface area contributed by atoms with Crippen LogP contribution in [0.5, 0.6) is 5.75 Å². The Morgan fingerprint density at radius 3 is 2.54 bits per heavy atom. The highest BCUT2D eigenvalue weighted by Gasteiger charge is 2.20. The molecule has 0 unspecified atom stereocenters. The Hall–Kier alpha value is -4.24. The Labute approximate surface area is 202 Å². The summed E-state index contributed by atoms with van der Waals surface area (Å²) in [6, 6.07) is 22.0. The monoisotopic (exact) mass is 491 g/mol. The number of hydrogen-bond acceptors (Lipinski definition) is 5. The molecule has 0 aliphatic heterocycles. The molecule has 1 aromatic heterocycles. The molecule has 0 spiro atoms. The molecule has 0 aliphatic carbocycles. The highest BCUT2D eigenvalue weighted by atomic mass is 32.2. The van der Waals surface area contributed by atoms with Crippen molar-refractivity contribution in [3.63, 3.8) is 0 Å². The molecular formula is C26H22FN3O4S. The van der Waals surface area contributed by atoms with Crippen LogP contribution < -0.4 is 14.8 Å². The molecule has 0 bridgehead atoms. The fourth-order valence-electron chi connectivity index (χ4n) is 3.26. The lowest BCUT2D eigenvalue weighted by Gasteiger charge is -2.13. The van der Waals surface area contributed by atoms with Crippen LogP contribution in [0.1, 0.15) is 21.6 Å². The normalized spacial score (nSPS) is 11.0. The van der Waals surface area contributed by atoms with Gasteiger partial charge in [-0.05, 0) is 61.0 Å². The van der Waals surface area contributed by atoms with Crippen LogP contribution in [0.2, 0.25) is 0 Å². The summed E-state index contributed by atoms with van der Waals surface area (Å²) in [4.78, 5) is 17.0. The third-order valence-electron chi connectivity index (χ3n) is 5.09. The molecule has 3 aromatic carbocycles. The van der Waals surface area contributed by atoms with Crippen molar-refractivity contribution < 1.29 is 22.3 Å². The van der Waals surface area contributed by atoms with E-state index in [9.17, 15) is 17.6 Å². The Morgan fingerprint density at radius 2 is 1.77 bits per heavy atom. The number of aromatic nitrogens is 1. The molecule has 7 nitrogen and oxygen atoms in total. The van der Waals surface area contributed by atoms with E-state index in [1.165, 1.54) is 36.4 Å². The molecule has 0 radical (unpaired) electrons. The number of pyridine rings is 1. The number of para-hydroxylation sites is 1. The van der Waals surface area contributed by atoms with Crippen LogP contribution in [0.3, 0.4) is 0 Å². The van der Waals surface area contributed by atoms with Gasteiger partial charge in [-0.2, -0.15) is 0 Å². The summed E-state index contributed by atoms with van der Waals surface area (Å²) in [6.07, 6.45) is 1.68. The van der Waals surface area contributed by atoms with Crippen molar-refractivity contribution >= 4 is 27.3 Å². The standard InChI is InChI=1S/C26H22FN3O4S/c1-18-12-13-22(35(32,33)30-25-11-3-2-10-24(25)27)16-23(18)26(31)29-19-8-6-9-21(15-19)34-17-20-7-4-5-14-28-20/h2-16,30H,17H2,1H3,(H,29,31). The Kier molecular flexibility index (Phi) is 7.07. The van der Waals surface area contributed by atoms with E-state index in [1.807, 2.05) is 18.2 Å². The third kappa shape index (κ3) is 6.01. The summed E-state index contributed by atoms with van der Waals surface area (Å²) >= 11 is 0. The molecule has 0 fully saturated rings. The first-order valence-corrected chi connectivity index (χ1v) is 12.1. The average molecular weight is 492 g/mol. The summed E-state index contributed by atoms with van der Waals surface area (Å²) in [6.45, 7) is 1.97. The van der Waals surface area contributed by atoms with Crippen LogP contribution >= 0.6 is 0 Å². The van der Waals surface area contributed by atoms with Crippen LogP contribution in [0.15, 0.2) is 96.0 Å². The van der Waals surface area contributed by atoms with Gasteiger partial charge in [-0.3, -0.25) is 14.5 Å². The highest BCUT2D eigenvalue weighted by molar-refractivity contribution is 7.92. The molecule has 35 heavy (non-hydrogen) atoms. The molecule has 9 heteroatoms. The minimum absolute atomic E-state index is 0.163. The van der Waals surface area contributed by atoms with Crippen molar-refractivity contribution in [2.45, 2.75) is 18.4 Å². The SMILES string of the molecule is Cc1ccc(S(=O)(=O)Nc2ccccc2F)cc1C(=O)Nc1cccc(OCc2ccccn2)c1. The van der Waals surface area contributed by atoms with Crippen LogP contribution in [0.25, 0.3) is 0 Å². The smallest absolute Gasteiger partial charge is 0.262 e. The van der Waals surface area contributed by atoms with E-state index in [2.05, 4.69) is 15.0 Å². The lowest BCUT2D eigenvalue weighted by molar-refractivity contribution is 0.102. The second-order valence-electron chi connectivity index (χ2n) is 7.65. The molecule has 178 valence electrons. The Balaban J connectivity index is 1.50. The van der Waals surface area contributed by atoms with Gasteiger partial charge in [0.15, 0.2) is 0 Å². The number of halogens is 1. The number of anilines is 2. The van der Waals surface area contributed by atoms with Gasteiger partial charge in [0, 0.05) is 23.5 Å². The van der Waals surface area contributed by atoms with E-state index in [1.54, 1.807) is 37.4 Å². The summed E-state index contributed by atoms with van der Waals surface area (Å²) in [5.41, 5.74) is 1.81. The van der Waals surface area contributed by atoms with Crippen molar-refractivity contribution in [3.05, 3.63) is 114 Å². The summed E-state index contributed by atoms with van der Waals surface area (Å²) in [5, 5.41) is 2.77. The summed E-state index contributed by atoms with van der Waals surface area (Å²) in [7, 11) is -4.12. The Morgan fingerprint density at radius 1 is 0.971 bits per heavy atom. The lowest BCUT2D eigenvalue weighted by Crippen LogP contribution is -2.17. The topological polar surface area (TPSA) is 97.4 Å². The molecule has 2 N–H and O–H groups in total. The zero-order chi connectivity index (χ0) is 24.8. The summed E-state index contributed by atoms with van der Waals surface area (Å²) in [5.74, 6) is -0.658. The van der Waals surface area contributed by atoms with Crippen molar-refractivity contribution in [2.75, 3.05) is 10.0 Å². The van der Waals surface area contributed by atoms with Crippen LogP contribution in [0, 0.1) is 12.7 Å². The number of rotatable bonds is 8. The number of nitrogens with one attached hydrogen (secondary N) is 2. The number of nitrogens with zero attached hydrogens (tertiary/aromatic N) is 1. The van der Waals surface area contributed by atoms with Crippen LogP contribution in [0.4, 0.5) is 15.8 Å². The maximum absolute atomic E-state index is 13.9. The third-order valence-corrected chi connectivity index (χ3v) is 6.45. The number of sulfonamides is 1. The van der Waals surface area contributed by atoms with Gasteiger partial charge >= 0.3 is 0 Å². The maximum Gasteiger partial charge on any atom is 0.262 e. The minimum atomic E-state index is -4.12. The molecule has 0 saturated carbocycles. The maximum atomic E-state index is 13.9. The first kappa shape index (κ1) is 23.9. The molecule has 0 atom stereocenters. The Bertz CT molecular complexity index is 1460. The predicted molar refractivity (Wildman–Crippen MR) is 131 cm³/mol. The van der Waals surface area contributed by atoms with Crippen LogP contribution in [-0.4, -0.2) is 19.3 Å². The first-order valence-electron chi connectivity index (χ1n) is 10.6. The van der Waals surface area contributed by atoms with Gasteiger partial charge in [0.25, 0.3) is 15.9 Å². The largest absolute Gasteiger partial charge is 0.487 e. The van der Waals surface area contributed by atoms with Crippen LogP contribution in [-0.2, 0) is 16.6 Å². The number of amides is 1. The number of benzene rings is 3. The van der Waals surface area contributed by atoms with Gasteiger partial charge < -0.3 is 10.1 Å². The zero-order valence-electron chi connectivity index (χ0n) is 18.7. The van der Waals surface area contributed by atoms with Crippen molar-refractivity contribution in [2.24, 2.45) is 0 Å². The van der Waals surface area contributed by atoms with E-state index in [-0.39, 0.29) is 22.8 Å². The quantitative estimate of drug-likeness (QED) is 0.355. The molecule has 4 rings (SSSR count). The fraction of sp³-hybridized carbons (Fsp3) is 0.0769. The van der Waals surface area contributed by atoms with Gasteiger partial charge in [-0.15, -0.1) is 0 Å². The second-order valence-corrected chi connectivity index (χ2v) is 9.34. The number of hydrogen-bond donors (Lipinski definition) is 2. The molecule has 0 saturated heterocycles. The zero-order valence-corrected chi connectivity index (χ0v) is 19.6. The predicted octanol–water partition coefficient (Wildman–Crippen LogP) is 5.16. The van der Waals surface area contributed by atoms with Crippen molar-refractivity contribution in [3.8, 4) is 5.75 Å². The molecule has 1 heterocycles. The number of carbonyl (C=O) groups excluding carboxylic acids is 1. The fourth-order valence-corrected chi connectivity index (χ4v) is 4.36. The van der Waals surface area contributed by atoms with E-state index in [0.717, 1.165) is 11.8 Å². The molecule has 0 aliphatic rings. The van der Waals surface area contributed by atoms with Crippen molar-refractivity contribution in [1.82, 2.24) is 4.98 Å². The van der Waals surface area contributed by atoms with E-state index < -0.39 is 21.7 Å². The highest BCUT2D eigenvalue weighted by Crippen LogP contribution is 2.23. The number of ether oxygens (including phenoxy) is 1. The number of aryl methyl sites for hydroxylation is 1. The van der Waals surface area contributed by atoms with Gasteiger partial charge in [0.2, 0.25) is 0 Å². The summed E-state index contributed by atoms with van der Waals surface area (Å²) < 4.78 is 47.5. The molecular weight excluding hydrogens is 469 g/mol. The van der Waals surface area contributed by atoms with E-state index in [4.69, 9.17) is 4.74 Å². The van der Waals surface area contributed by atoms with Gasteiger partial charge in [-0.1, -0.05) is 30.3 Å². The van der Waals surface area contributed by atoms with E-state index in [0.29, 0.717) is 17.0 Å². The average Bonchev–Trinajstić information content (AvgIpc) is 2.85. The number of carbonyl (C=O) groups is 1. The lowest BCUT2D eigenvalue weighted by atomic mass is 10.1. The van der Waals surface area contributed by atoms with Gasteiger partial charge in [0.05, 0.1) is 16.3 Å². The van der Waals surface area contributed by atoms with Gasteiger partial charge in [-0.25, -0.2) is 12.8 Å². The van der Waals surface area contributed by atoms with Crippen molar-refractivity contribution in [1.29, 1.82) is 0 Å². The molecule has 1 amide bonds. The second kappa shape index (κ2) is 10.4. The van der Waals surface area contributed by atoms with E-state index >= 15 is 0 Å². The van der Waals surface area contributed by atoms with Gasteiger partial charge in [0.1, 0.15) is 18.2 Å². The first-order chi connectivity index (χ1) is 16.8. The molecule has 4 aromatic rings. The minimum Gasteiger partial charge on any atom is -0.487 e.